The quantitative estimate of drug-likeness (QED) is 0.634. The van der Waals surface area contributed by atoms with Crippen LogP contribution in [0.3, 0.4) is 0 Å². The largest absolute Gasteiger partial charge is 0.393 e. The summed E-state index contributed by atoms with van der Waals surface area (Å²) in [6, 6.07) is 5.37. The first-order valence-corrected chi connectivity index (χ1v) is 10.1. The molecule has 3 heterocycles. The average Bonchev–Trinajstić information content (AvgIpc) is 3.18. The molecule has 0 spiro atoms. The molecule has 0 unspecified atom stereocenters. The van der Waals surface area contributed by atoms with Gasteiger partial charge in [0.1, 0.15) is 22.3 Å². The van der Waals surface area contributed by atoms with Gasteiger partial charge in [-0.2, -0.15) is 0 Å². The third-order valence-electron chi connectivity index (χ3n) is 4.86. The van der Waals surface area contributed by atoms with E-state index in [0.717, 1.165) is 29.0 Å². The summed E-state index contributed by atoms with van der Waals surface area (Å²) in [6.45, 7) is 0.450. The molecule has 0 saturated carbocycles. The van der Waals surface area contributed by atoms with Gasteiger partial charge in [-0.3, -0.25) is 9.78 Å². The second-order valence-corrected chi connectivity index (χ2v) is 7.70. The Kier molecular flexibility index (Phi) is 5.75. The second-order valence-electron chi connectivity index (χ2n) is 6.85. The van der Waals surface area contributed by atoms with Gasteiger partial charge in [-0.25, -0.2) is 13.8 Å². The van der Waals surface area contributed by atoms with Crippen LogP contribution in [0.4, 0.5) is 8.78 Å². The van der Waals surface area contributed by atoms with Crippen LogP contribution in [-0.4, -0.2) is 33.6 Å². The van der Waals surface area contributed by atoms with Crippen molar-refractivity contribution < 1.29 is 23.4 Å². The van der Waals surface area contributed by atoms with Gasteiger partial charge in [0, 0.05) is 37.2 Å². The molecule has 0 bridgehead atoms. The van der Waals surface area contributed by atoms with E-state index < -0.39 is 17.7 Å². The maximum atomic E-state index is 14.0. The highest BCUT2D eigenvalue weighted by atomic mass is 32.1. The maximum Gasteiger partial charge on any atom is 0.186 e. The number of halogens is 2. The number of rotatable bonds is 5. The molecular weight excluding hydrogens is 398 g/mol. The van der Waals surface area contributed by atoms with Gasteiger partial charge in [0.25, 0.3) is 0 Å². The lowest BCUT2D eigenvalue weighted by atomic mass is 9.94. The number of aliphatic hydroxyl groups is 1. The van der Waals surface area contributed by atoms with Crippen molar-refractivity contribution in [3.05, 3.63) is 70.5 Å². The molecule has 150 valence electrons. The number of carbonyl (C=O) groups excluding carboxylic acids is 1. The minimum atomic E-state index is -0.721. The molecule has 1 N–H and O–H groups in total. The van der Waals surface area contributed by atoms with Gasteiger partial charge in [-0.15, -0.1) is 11.3 Å². The number of benzene rings is 1. The highest BCUT2D eigenvalue weighted by Crippen LogP contribution is 2.32. The van der Waals surface area contributed by atoms with Gasteiger partial charge < -0.3 is 9.84 Å². The number of hydrogen-bond donors (Lipinski definition) is 1. The normalized spacial score (nSPS) is 19.3. The Hall–Kier alpha value is -2.55. The van der Waals surface area contributed by atoms with Gasteiger partial charge in [0.05, 0.1) is 17.8 Å². The molecule has 1 saturated heterocycles. The Balaban J connectivity index is 1.56. The number of thiazole rings is 1. The monoisotopic (exact) mass is 416 g/mol. The lowest BCUT2D eigenvalue weighted by Crippen LogP contribution is -2.24. The SMILES string of the molecule is O=C(Cc1cnccc1[C@H]1C[C@@H](O)CCO1)c1csc(-c2c(F)cccc2F)n1. The molecule has 4 rings (SSSR count). The third kappa shape index (κ3) is 4.24. The number of pyridine rings is 1. The molecule has 29 heavy (non-hydrogen) atoms. The summed E-state index contributed by atoms with van der Waals surface area (Å²) in [6.07, 6.45) is 3.55. The Labute approximate surface area is 170 Å². The fourth-order valence-electron chi connectivity index (χ4n) is 3.38. The summed E-state index contributed by atoms with van der Waals surface area (Å²) >= 11 is 1.02. The van der Waals surface area contributed by atoms with Crippen molar-refractivity contribution in [1.29, 1.82) is 0 Å². The zero-order valence-electron chi connectivity index (χ0n) is 15.3. The van der Waals surface area contributed by atoms with Crippen molar-refractivity contribution in [3.8, 4) is 10.6 Å². The molecule has 2 atom stereocenters. The molecular formula is C21H18F2N2O3S. The van der Waals surface area contributed by atoms with Crippen molar-refractivity contribution in [2.24, 2.45) is 0 Å². The standard InChI is InChI=1S/C21H18F2N2O3S/c22-15-2-1-3-16(23)20(15)21-25-17(11-29-21)18(27)8-12-10-24-6-4-14(12)19-9-13(26)5-7-28-19/h1-4,6,10-11,13,19,26H,5,7-9H2/t13-,19+/m0/s1. The Bertz CT molecular complexity index is 1020. The first kappa shape index (κ1) is 19.8. The number of Topliss-reactive ketones (excluding diaryl/α,β-unsaturated/α-hetero) is 1. The average molecular weight is 416 g/mol. The molecule has 5 nitrogen and oxygen atoms in total. The molecule has 0 aliphatic carbocycles. The minimum Gasteiger partial charge on any atom is -0.393 e. The van der Waals surface area contributed by atoms with Crippen LogP contribution in [0.5, 0.6) is 0 Å². The smallest absolute Gasteiger partial charge is 0.186 e. The number of ether oxygens (including phenoxy) is 1. The number of carbonyl (C=O) groups is 1. The molecule has 2 aromatic heterocycles. The first-order valence-electron chi connectivity index (χ1n) is 9.18. The third-order valence-corrected chi connectivity index (χ3v) is 5.72. The summed E-state index contributed by atoms with van der Waals surface area (Å²) in [4.78, 5) is 21.0. The lowest BCUT2D eigenvalue weighted by Gasteiger charge is -2.28. The van der Waals surface area contributed by atoms with Crippen LogP contribution >= 0.6 is 11.3 Å². The number of hydrogen-bond acceptors (Lipinski definition) is 6. The summed E-state index contributed by atoms with van der Waals surface area (Å²) < 4.78 is 33.7. The minimum absolute atomic E-state index is 0.0298. The van der Waals surface area contributed by atoms with Gasteiger partial charge >= 0.3 is 0 Å². The topological polar surface area (TPSA) is 72.3 Å². The summed E-state index contributed by atoms with van der Waals surface area (Å²) in [7, 11) is 0. The van der Waals surface area contributed by atoms with Crippen molar-refractivity contribution in [1.82, 2.24) is 9.97 Å². The number of nitrogens with zero attached hydrogens (tertiary/aromatic N) is 2. The Morgan fingerprint density at radius 1 is 1.28 bits per heavy atom. The molecule has 1 aliphatic heterocycles. The van der Waals surface area contributed by atoms with Crippen molar-refractivity contribution >= 4 is 17.1 Å². The zero-order chi connectivity index (χ0) is 20.4. The Morgan fingerprint density at radius 3 is 2.83 bits per heavy atom. The van der Waals surface area contributed by atoms with Gasteiger partial charge in [-0.05, 0) is 35.7 Å². The Morgan fingerprint density at radius 2 is 2.07 bits per heavy atom. The van der Waals surface area contributed by atoms with E-state index in [9.17, 15) is 18.7 Å². The van der Waals surface area contributed by atoms with E-state index in [0.29, 0.717) is 25.0 Å². The van der Waals surface area contributed by atoms with Gasteiger partial charge in [-0.1, -0.05) is 6.07 Å². The van der Waals surface area contributed by atoms with E-state index >= 15 is 0 Å². The highest BCUT2D eigenvalue weighted by molar-refractivity contribution is 7.13. The van der Waals surface area contributed by atoms with Crippen molar-refractivity contribution in [2.75, 3.05) is 6.61 Å². The summed E-state index contributed by atoms with van der Waals surface area (Å²) in [5.74, 6) is -1.73. The predicted molar refractivity (Wildman–Crippen MR) is 104 cm³/mol. The fraction of sp³-hybridized carbons (Fsp3) is 0.286. The highest BCUT2D eigenvalue weighted by Gasteiger charge is 2.25. The van der Waals surface area contributed by atoms with Crippen molar-refractivity contribution in [2.45, 2.75) is 31.5 Å². The van der Waals surface area contributed by atoms with Gasteiger partial charge in [0.15, 0.2) is 5.78 Å². The number of aliphatic hydroxyl groups excluding tert-OH is 1. The van der Waals surface area contributed by atoms with E-state index in [-0.39, 0.29) is 34.6 Å². The zero-order valence-corrected chi connectivity index (χ0v) is 16.2. The van der Waals surface area contributed by atoms with E-state index in [1.807, 2.05) is 0 Å². The van der Waals surface area contributed by atoms with Crippen LogP contribution in [0.2, 0.25) is 0 Å². The molecule has 1 fully saturated rings. The van der Waals surface area contributed by atoms with E-state index in [1.165, 1.54) is 11.4 Å². The van der Waals surface area contributed by atoms with Crippen LogP contribution in [0.1, 0.15) is 40.6 Å². The number of ketones is 1. The summed E-state index contributed by atoms with van der Waals surface area (Å²) in [5, 5.41) is 11.5. The maximum absolute atomic E-state index is 14.0. The van der Waals surface area contributed by atoms with Crippen LogP contribution in [-0.2, 0) is 11.2 Å². The fourth-order valence-corrected chi connectivity index (χ4v) is 4.25. The van der Waals surface area contributed by atoms with Crippen LogP contribution < -0.4 is 0 Å². The van der Waals surface area contributed by atoms with E-state index in [1.54, 1.807) is 18.5 Å². The molecule has 1 aromatic carbocycles. The van der Waals surface area contributed by atoms with E-state index in [4.69, 9.17) is 4.74 Å². The molecule has 3 aromatic rings. The predicted octanol–water partition coefficient (Wildman–Crippen LogP) is 4.12. The summed E-state index contributed by atoms with van der Waals surface area (Å²) in [5.41, 5.74) is 1.40. The first-order chi connectivity index (χ1) is 14.0. The molecule has 8 heteroatoms. The molecule has 1 aliphatic rings. The molecule has 0 radical (unpaired) electrons. The van der Waals surface area contributed by atoms with Crippen LogP contribution in [0.15, 0.2) is 42.0 Å². The molecule has 0 amide bonds. The van der Waals surface area contributed by atoms with Crippen LogP contribution in [0.25, 0.3) is 10.6 Å². The number of aromatic nitrogens is 2. The second kappa shape index (κ2) is 8.44. The van der Waals surface area contributed by atoms with Crippen molar-refractivity contribution in [3.63, 3.8) is 0 Å². The van der Waals surface area contributed by atoms with Crippen LogP contribution in [0, 0.1) is 11.6 Å². The lowest BCUT2D eigenvalue weighted by molar-refractivity contribution is -0.0451. The van der Waals surface area contributed by atoms with E-state index in [2.05, 4.69) is 9.97 Å². The van der Waals surface area contributed by atoms with Gasteiger partial charge in [0.2, 0.25) is 0 Å².